The topological polar surface area (TPSA) is 43.7 Å². The number of nitrogens with zero attached hydrogens (tertiary/aromatic N) is 1. The minimum atomic E-state index is -0.597. The van der Waals surface area contributed by atoms with E-state index >= 15 is 0 Å². The molecule has 0 bridgehead atoms. The molecule has 3 saturated carbocycles. The van der Waals surface area contributed by atoms with E-state index in [1.165, 1.54) is 58.2 Å². The summed E-state index contributed by atoms with van der Waals surface area (Å²) in [5, 5.41) is 20.2. The number of hydrogen-bond acceptors (Lipinski definition) is 3. The van der Waals surface area contributed by atoms with Gasteiger partial charge in [0.05, 0.1) is 12.2 Å². The number of aliphatic hydroxyl groups excluding tert-OH is 2. The van der Waals surface area contributed by atoms with Crippen LogP contribution in [0.5, 0.6) is 0 Å². The fourth-order valence-electron chi connectivity index (χ4n) is 7.41. The third-order valence-corrected chi connectivity index (χ3v) is 9.04. The van der Waals surface area contributed by atoms with Crippen molar-refractivity contribution in [1.29, 1.82) is 0 Å². The van der Waals surface area contributed by atoms with Crippen molar-refractivity contribution < 1.29 is 10.2 Å². The van der Waals surface area contributed by atoms with Crippen molar-refractivity contribution in [2.45, 2.75) is 84.3 Å². The third-order valence-electron chi connectivity index (χ3n) is 9.04. The smallest absolute Gasteiger partial charge is 0.0811 e. The number of aliphatic hydroxyl groups is 2. The number of likely N-dealkylation sites (tertiary alicyclic amines) is 1. The van der Waals surface area contributed by atoms with Gasteiger partial charge in [0, 0.05) is 19.5 Å². The molecule has 0 amide bonds. The van der Waals surface area contributed by atoms with E-state index in [-0.39, 0.29) is 0 Å². The Morgan fingerprint density at radius 3 is 2.77 bits per heavy atom. The van der Waals surface area contributed by atoms with Crippen LogP contribution >= 0.6 is 0 Å². The van der Waals surface area contributed by atoms with E-state index in [4.69, 9.17) is 0 Å². The molecular weight excluding hydrogens is 370 g/mol. The molecule has 0 radical (unpaired) electrons. The second kappa shape index (κ2) is 8.92. The van der Waals surface area contributed by atoms with E-state index in [9.17, 15) is 10.2 Å². The Morgan fingerprint density at radius 1 is 1.23 bits per heavy atom. The number of hydrogen-bond donors (Lipinski definition) is 2. The number of rotatable bonds is 4. The number of fused-ring (bicyclic) bond motifs is 1. The molecule has 3 heteroatoms. The van der Waals surface area contributed by atoms with Crippen LogP contribution in [0.15, 0.2) is 35.5 Å². The highest BCUT2D eigenvalue weighted by Crippen LogP contribution is 2.59. The van der Waals surface area contributed by atoms with Crippen molar-refractivity contribution in [3.63, 3.8) is 0 Å². The molecule has 1 saturated heterocycles. The average Bonchev–Trinajstić information content (AvgIpc) is 3.25. The van der Waals surface area contributed by atoms with Gasteiger partial charge < -0.3 is 15.1 Å². The van der Waals surface area contributed by atoms with E-state index in [2.05, 4.69) is 44.4 Å². The SMILES string of the molecule is C=C1C(=CC=C2CCC[C@]3(C)[C@@H](C(C)CN4CCC(C)C4)CC[C@@H]23)C[C@@H](O)C[C@@H]1O. The number of allylic oxidation sites excluding steroid dienone is 3. The van der Waals surface area contributed by atoms with Crippen LogP contribution in [0.2, 0.25) is 0 Å². The van der Waals surface area contributed by atoms with E-state index in [0.29, 0.717) is 24.2 Å². The van der Waals surface area contributed by atoms with Crippen LogP contribution in [-0.2, 0) is 0 Å². The minimum Gasteiger partial charge on any atom is -0.393 e. The summed E-state index contributed by atoms with van der Waals surface area (Å²) in [6, 6.07) is 0. The molecule has 7 atom stereocenters. The molecule has 4 fully saturated rings. The van der Waals surface area contributed by atoms with Gasteiger partial charge in [-0.1, -0.05) is 45.1 Å². The Labute approximate surface area is 183 Å². The van der Waals surface area contributed by atoms with Gasteiger partial charge in [-0.15, -0.1) is 0 Å². The third kappa shape index (κ3) is 4.36. The summed E-state index contributed by atoms with van der Waals surface area (Å²) in [5.41, 5.74) is 3.86. The summed E-state index contributed by atoms with van der Waals surface area (Å²) < 4.78 is 0. The van der Waals surface area contributed by atoms with E-state index in [1.54, 1.807) is 5.57 Å². The van der Waals surface area contributed by atoms with Crippen LogP contribution in [0.1, 0.15) is 72.1 Å². The summed E-state index contributed by atoms with van der Waals surface area (Å²) >= 11 is 0. The van der Waals surface area contributed by atoms with Gasteiger partial charge in [0.15, 0.2) is 0 Å². The molecule has 4 rings (SSSR count). The van der Waals surface area contributed by atoms with Gasteiger partial charge in [-0.2, -0.15) is 0 Å². The van der Waals surface area contributed by atoms with Crippen LogP contribution < -0.4 is 0 Å². The zero-order chi connectivity index (χ0) is 21.5. The maximum absolute atomic E-state index is 10.2. The molecule has 0 spiro atoms. The van der Waals surface area contributed by atoms with Crippen molar-refractivity contribution in [2.24, 2.45) is 29.1 Å². The molecule has 1 heterocycles. The predicted octanol–water partition coefficient (Wildman–Crippen LogP) is 5.11. The highest BCUT2D eigenvalue weighted by molar-refractivity contribution is 5.38. The highest BCUT2D eigenvalue weighted by atomic mass is 16.3. The molecular formula is C27H43NO2. The normalized spacial score (nSPS) is 44.0. The second-order valence-electron chi connectivity index (χ2n) is 11.3. The summed E-state index contributed by atoms with van der Waals surface area (Å²) in [4.78, 5) is 2.71. The van der Waals surface area contributed by atoms with Crippen LogP contribution in [-0.4, -0.2) is 47.0 Å². The summed E-state index contributed by atoms with van der Waals surface area (Å²) in [7, 11) is 0. The maximum Gasteiger partial charge on any atom is 0.0811 e. The maximum atomic E-state index is 10.2. The Hall–Kier alpha value is -0.900. The zero-order valence-corrected chi connectivity index (χ0v) is 19.4. The first-order valence-corrected chi connectivity index (χ1v) is 12.4. The van der Waals surface area contributed by atoms with E-state index in [1.807, 2.05) is 0 Å². The molecule has 0 aromatic rings. The van der Waals surface area contributed by atoms with Gasteiger partial charge in [0.25, 0.3) is 0 Å². The molecule has 2 N–H and O–H groups in total. The average molecular weight is 414 g/mol. The van der Waals surface area contributed by atoms with E-state index in [0.717, 1.165) is 28.9 Å². The summed E-state index contributed by atoms with van der Waals surface area (Å²) in [6.45, 7) is 15.4. The van der Waals surface area contributed by atoms with Crippen molar-refractivity contribution in [3.8, 4) is 0 Å². The second-order valence-corrected chi connectivity index (χ2v) is 11.3. The van der Waals surface area contributed by atoms with Crippen molar-refractivity contribution >= 4 is 0 Å². The van der Waals surface area contributed by atoms with Crippen LogP contribution in [0, 0.1) is 29.1 Å². The van der Waals surface area contributed by atoms with Gasteiger partial charge in [-0.3, -0.25) is 0 Å². The molecule has 4 aliphatic rings. The first kappa shape index (κ1) is 22.3. The van der Waals surface area contributed by atoms with Gasteiger partial charge in [0.1, 0.15) is 0 Å². The Balaban J connectivity index is 1.47. The molecule has 0 aromatic carbocycles. The van der Waals surface area contributed by atoms with Crippen LogP contribution in [0.3, 0.4) is 0 Å². The summed E-state index contributed by atoms with van der Waals surface area (Å²) in [5.74, 6) is 3.15. The fraction of sp³-hybridized carbons (Fsp3) is 0.778. The van der Waals surface area contributed by atoms with Crippen molar-refractivity contribution in [1.82, 2.24) is 4.90 Å². The summed E-state index contributed by atoms with van der Waals surface area (Å²) in [6.07, 6.45) is 12.4. The van der Waals surface area contributed by atoms with Crippen LogP contribution in [0.25, 0.3) is 0 Å². The fourth-order valence-corrected chi connectivity index (χ4v) is 7.41. The van der Waals surface area contributed by atoms with Crippen molar-refractivity contribution in [2.75, 3.05) is 19.6 Å². The molecule has 1 aliphatic heterocycles. The first-order chi connectivity index (χ1) is 14.3. The monoisotopic (exact) mass is 413 g/mol. The Morgan fingerprint density at radius 2 is 2.03 bits per heavy atom. The lowest BCUT2D eigenvalue weighted by atomic mass is 9.61. The molecule has 0 aromatic heterocycles. The van der Waals surface area contributed by atoms with Gasteiger partial charge >= 0.3 is 0 Å². The lowest BCUT2D eigenvalue weighted by Gasteiger charge is -2.45. The Bertz CT molecular complexity index is 710. The minimum absolute atomic E-state index is 0.419. The molecule has 3 nitrogen and oxygen atoms in total. The molecule has 168 valence electrons. The van der Waals surface area contributed by atoms with Gasteiger partial charge in [-0.25, -0.2) is 0 Å². The lowest BCUT2D eigenvalue weighted by molar-refractivity contribution is 0.0816. The Kier molecular flexibility index (Phi) is 6.63. The predicted molar refractivity (Wildman–Crippen MR) is 124 cm³/mol. The lowest BCUT2D eigenvalue weighted by Crippen LogP contribution is -2.39. The van der Waals surface area contributed by atoms with E-state index < -0.39 is 12.2 Å². The zero-order valence-electron chi connectivity index (χ0n) is 19.4. The largest absolute Gasteiger partial charge is 0.393 e. The highest BCUT2D eigenvalue weighted by Gasteiger charge is 2.50. The quantitative estimate of drug-likeness (QED) is 0.673. The van der Waals surface area contributed by atoms with Gasteiger partial charge in [-0.05, 0) is 91.7 Å². The standard InChI is InChI=1S/C27H43NO2/c1-18-11-13-28(16-18)17-19(2)24-9-10-25-21(6-5-12-27(24,25)4)7-8-22-14-23(29)15-26(30)20(22)3/h7-8,18-19,23-26,29-30H,3,5-6,9-17H2,1-2,4H3/t18?,19?,23-,24-,25+,26+,27-/m1/s1. The molecule has 30 heavy (non-hydrogen) atoms. The van der Waals surface area contributed by atoms with Gasteiger partial charge in [0.2, 0.25) is 0 Å². The van der Waals surface area contributed by atoms with Crippen LogP contribution in [0.4, 0.5) is 0 Å². The van der Waals surface area contributed by atoms with Crippen molar-refractivity contribution in [3.05, 3.63) is 35.5 Å². The molecule has 3 aliphatic carbocycles. The first-order valence-electron chi connectivity index (χ1n) is 12.4. The molecule has 2 unspecified atom stereocenters.